The smallest absolute Gasteiger partial charge is 0.0270 e. The monoisotopic (exact) mass is 266 g/mol. The van der Waals surface area contributed by atoms with Gasteiger partial charge in [-0.1, -0.05) is 13.8 Å². The summed E-state index contributed by atoms with van der Waals surface area (Å²) in [6.45, 7) is 6.78. The first-order valence-corrected chi connectivity index (χ1v) is 7.47. The SMILES string of the molecule is CCC(CC)(CS)CN(C)CCc1ccncc1. The first-order chi connectivity index (χ1) is 8.65. The van der Waals surface area contributed by atoms with E-state index >= 15 is 0 Å². The van der Waals surface area contributed by atoms with E-state index in [0.717, 1.165) is 25.3 Å². The quantitative estimate of drug-likeness (QED) is 0.727. The van der Waals surface area contributed by atoms with Crippen LogP contribution in [-0.4, -0.2) is 35.8 Å². The Labute approximate surface area is 117 Å². The molecule has 0 spiro atoms. The summed E-state index contributed by atoms with van der Waals surface area (Å²) < 4.78 is 0. The Morgan fingerprint density at radius 3 is 2.33 bits per heavy atom. The highest BCUT2D eigenvalue weighted by atomic mass is 32.1. The molecule has 1 heterocycles. The largest absolute Gasteiger partial charge is 0.305 e. The second-order valence-corrected chi connectivity index (χ2v) is 5.52. The van der Waals surface area contributed by atoms with Gasteiger partial charge in [0, 0.05) is 25.5 Å². The summed E-state index contributed by atoms with van der Waals surface area (Å²) >= 11 is 4.54. The van der Waals surface area contributed by atoms with Crippen molar-refractivity contribution in [2.24, 2.45) is 5.41 Å². The van der Waals surface area contributed by atoms with E-state index in [4.69, 9.17) is 0 Å². The average Bonchev–Trinajstić information content (AvgIpc) is 2.44. The van der Waals surface area contributed by atoms with Crippen molar-refractivity contribution in [3.05, 3.63) is 30.1 Å². The molecule has 0 amide bonds. The van der Waals surface area contributed by atoms with Gasteiger partial charge in [-0.05, 0) is 55.2 Å². The Balaban J connectivity index is 2.43. The lowest BCUT2D eigenvalue weighted by atomic mass is 9.84. The van der Waals surface area contributed by atoms with Gasteiger partial charge in [0.25, 0.3) is 0 Å². The maximum absolute atomic E-state index is 4.54. The second kappa shape index (κ2) is 7.80. The van der Waals surface area contributed by atoms with Gasteiger partial charge in [-0.15, -0.1) is 0 Å². The first-order valence-electron chi connectivity index (χ1n) is 6.84. The molecule has 0 fully saturated rings. The molecule has 102 valence electrons. The number of rotatable bonds is 8. The number of nitrogens with zero attached hydrogens (tertiary/aromatic N) is 2. The van der Waals surface area contributed by atoms with Crippen molar-refractivity contribution in [1.29, 1.82) is 0 Å². The summed E-state index contributed by atoms with van der Waals surface area (Å²) in [5, 5.41) is 0. The van der Waals surface area contributed by atoms with Crippen molar-refractivity contribution in [3.63, 3.8) is 0 Å². The molecular weight excluding hydrogens is 240 g/mol. The number of pyridine rings is 1. The van der Waals surface area contributed by atoms with E-state index in [0.29, 0.717) is 5.41 Å². The van der Waals surface area contributed by atoms with Crippen LogP contribution in [0.15, 0.2) is 24.5 Å². The number of likely N-dealkylation sites (N-methyl/N-ethyl adjacent to an activating group) is 1. The topological polar surface area (TPSA) is 16.1 Å². The molecule has 18 heavy (non-hydrogen) atoms. The van der Waals surface area contributed by atoms with Crippen LogP contribution in [0.25, 0.3) is 0 Å². The molecule has 0 N–H and O–H groups in total. The zero-order valence-electron chi connectivity index (χ0n) is 11.9. The minimum absolute atomic E-state index is 0.371. The van der Waals surface area contributed by atoms with Crippen molar-refractivity contribution in [1.82, 2.24) is 9.88 Å². The maximum Gasteiger partial charge on any atom is 0.0270 e. The van der Waals surface area contributed by atoms with Gasteiger partial charge < -0.3 is 4.90 Å². The van der Waals surface area contributed by atoms with Crippen molar-refractivity contribution in [3.8, 4) is 0 Å². The summed E-state index contributed by atoms with van der Waals surface area (Å²) in [5.41, 5.74) is 1.73. The fourth-order valence-corrected chi connectivity index (χ4v) is 2.82. The average molecular weight is 266 g/mol. The summed E-state index contributed by atoms with van der Waals surface area (Å²) in [5.74, 6) is 0.972. The predicted molar refractivity (Wildman–Crippen MR) is 82.3 cm³/mol. The highest BCUT2D eigenvalue weighted by molar-refractivity contribution is 7.80. The number of hydrogen-bond acceptors (Lipinski definition) is 3. The van der Waals surface area contributed by atoms with E-state index in [9.17, 15) is 0 Å². The van der Waals surface area contributed by atoms with Crippen LogP contribution >= 0.6 is 12.6 Å². The lowest BCUT2D eigenvalue weighted by Crippen LogP contribution is -2.37. The van der Waals surface area contributed by atoms with E-state index in [1.807, 2.05) is 12.4 Å². The van der Waals surface area contributed by atoms with E-state index in [1.54, 1.807) is 0 Å². The molecule has 1 aromatic rings. The fourth-order valence-electron chi connectivity index (χ4n) is 2.27. The Morgan fingerprint density at radius 1 is 1.22 bits per heavy atom. The van der Waals surface area contributed by atoms with Crippen LogP contribution in [0, 0.1) is 5.41 Å². The molecular formula is C15H26N2S. The van der Waals surface area contributed by atoms with E-state index in [2.05, 4.69) is 55.5 Å². The molecule has 0 saturated carbocycles. The predicted octanol–water partition coefficient (Wildman–Crippen LogP) is 3.29. The molecule has 0 bridgehead atoms. The van der Waals surface area contributed by atoms with Crippen LogP contribution in [0.1, 0.15) is 32.3 Å². The van der Waals surface area contributed by atoms with Gasteiger partial charge in [-0.2, -0.15) is 12.6 Å². The number of hydrogen-bond donors (Lipinski definition) is 1. The Kier molecular flexibility index (Phi) is 6.72. The third-order valence-corrected chi connectivity index (χ3v) is 4.64. The normalized spacial score (nSPS) is 12.1. The lowest BCUT2D eigenvalue weighted by molar-refractivity contribution is 0.186. The molecule has 1 rings (SSSR count). The molecule has 0 aliphatic carbocycles. The van der Waals surface area contributed by atoms with Gasteiger partial charge in [0.15, 0.2) is 0 Å². The van der Waals surface area contributed by atoms with Crippen molar-refractivity contribution >= 4 is 12.6 Å². The van der Waals surface area contributed by atoms with Crippen LogP contribution < -0.4 is 0 Å². The summed E-state index contributed by atoms with van der Waals surface area (Å²) in [6, 6.07) is 4.19. The fraction of sp³-hybridized carbons (Fsp3) is 0.667. The van der Waals surface area contributed by atoms with E-state index in [-0.39, 0.29) is 0 Å². The minimum Gasteiger partial charge on any atom is -0.305 e. The molecule has 0 aliphatic heterocycles. The van der Waals surface area contributed by atoms with Crippen molar-refractivity contribution < 1.29 is 0 Å². The third-order valence-electron chi connectivity index (χ3n) is 3.97. The highest BCUT2D eigenvalue weighted by Gasteiger charge is 2.25. The summed E-state index contributed by atoms with van der Waals surface area (Å²) in [7, 11) is 2.21. The van der Waals surface area contributed by atoms with Gasteiger partial charge in [0.05, 0.1) is 0 Å². The highest BCUT2D eigenvalue weighted by Crippen LogP contribution is 2.28. The standard InChI is InChI=1S/C15H26N2S/c1-4-15(5-2,13-18)12-17(3)11-8-14-6-9-16-10-7-14/h6-7,9-10,18H,4-5,8,11-13H2,1-3H3. The number of thiol groups is 1. The molecule has 2 nitrogen and oxygen atoms in total. The molecule has 0 unspecified atom stereocenters. The maximum atomic E-state index is 4.54. The molecule has 1 aromatic heterocycles. The van der Waals surface area contributed by atoms with Crippen LogP contribution in [0.5, 0.6) is 0 Å². The van der Waals surface area contributed by atoms with Crippen LogP contribution in [0.2, 0.25) is 0 Å². The third kappa shape index (κ3) is 4.62. The van der Waals surface area contributed by atoms with Crippen LogP contribution in [0.4, 0.5) is 0 Å². The molecule has 0 aromatic carbocycles. The molecule has 0 aliphatic rings. The number of aromatic nitrogens is 1. The summed E-state index contributed by atoms with van der Waals surface area (Å²) in [4.78, 5) is 6.48. The second-order valence-electron chi connectivity index (χ2n) is 5.21. The Morgan fingerprint density at radius 2 is 1.83 bits per heavy atom. The van der Waals surface area contributed by atoms with Crippen LogP contribution in [0.3, 0.4) is 0 Å². The molecule has 0 radical (unpaired) electrons. The first kappa shape index (κ1) is 15.5. The zero-order chi connectivity index (χ0) is 13.4. The summed E-state index contributed by atoms with van der Waals surface area (Å²) in [6.07, 6.45) is 7.23. The van der Waals surface area contributed by atoms with Gasteiger partial charge in [-0.25, -0.2) is 0 Å². The Hall–Kier alpha value is -0.540. The van der Waals surface area contributed by atoms with Gasteiger partial charge in [0.1, 0.15) is 0 Å². The van der Waals surface area contributed by atoms with Crippen LogP contribution in [-0.2, 0) is 6.42 Å². The van der Waals surface area contributed by atoms with Crippen molar-refractivity contribution in [2.45, 2.75) is 33.1 Å². The molecule has 3 heteroatoms. The lowest BCUT2D eigenvalue weighted by Gasteiger charge is -2.34. The van der Waals surface area contributed by atoms with Crippen molar-refractivity contribution in [2.75, 3.05) is 25.9 Å². The van der Waals surface area contributed by atoms with Gasteiger partial charge >= 0.3 is 0 Å². The van der Waals surface area contributed by atoms with Gasteiger partial charge in [0.2, 0.25) is 0 Å². The van der Waals surface area contributed by atoms with E-state index < -0.39 is 0 Å². The van der Waals surface area contributed by atoms with Gasteiger partial charge in [-0.3, -0.25) is 4.98 Å². The minimum atomic E-state index is 0.371. The zero-order valence-corrected chi connectivity index (χ0v) is 12.8. The van der Waals surface area contributed by atoms with E-state index in [1.165, 1.54) is 18.4 Å². The molecule has 0 atom stereocenters. The molecule has 0 saturated heterocycles. The Bertz CT molecular complexity index is 314.